The van der Waals surface area contributed by atoms with Crippen LogP contribution in [0.25, 0.3) is 0 Å². The Kier molecular flexibility index (Phi) is 4.15. The molecule has 0 fully saturated rings. The summed E-state index contributed by atoms with van der Waals surface area (Å²) in [5.41, 5.74) is 8.42. The third kappa shape index (κ3) is 3.28. The van der Waals surface area contributed by atoms with E-state index in [2.05, 4.69) is 20.9 Å². The second-order valence-corrected chi connectivity index (χ2v) is 5.12. The van der Waals surface area contributed by atoms with Gasteiger partial charge in [0.2, 0.25) is 0 Å². The van der Waals surface area contributed by atoms with Crippen LogP contribution < -0.4 is 5.73 Å². The van der Waals surface area contributed by atoms with Crippen molar-refractivity contribution >= 4 is 27.5 Å². The zero-order valence-electron chi connectivity index (χ0n) is 9.11. The van der Waals surface area contributed by atoms with E-state index in [9.17, 15) is 0 Å². The van der Waals surface area contributed by atoms with Crippen LogP contribution in [0.3, 0.4) is 0 Å². The van der Waals surface area contributed by atoms with E-state index < -0.39 is 0 Å². The highest BCUT2D eigenvalue weighted by molar-refractivity contribution is 9.10. The fourth-order valence-corrected chi connectivity index (χ4v) is 2.66. The lowest BCUT2D eigenvalue weighted by atomic mass is 10.0. The van der Waals surface area contributed by atoms with Gasteiger partial charge in [0.15, 0.2) is 0 Å². The monoisotopic (exact) mass is 310 g/mol. The van der Waals surface area contributed by atoms with Crippen LogP contribution in [-0.4, -0.2) is 4.98 Å². The second-order valence-electron chi connectivity index (χ2n) is 3.83. The molecule has 0 aliphatic carbocycles. The Morgan fingerprint density at radius 1 is 1.24 bits per heavy atom. The number of nitrogens with two attached hydrogens (primary N) is 1. The molecule has 0 saturated heterocycles. The summed E-state index contributed by atoms with van der Waals surface area (Å²) in [6, 6.07) is 9.58. The molecule has 0 saturated carbocycles. The normalized spacial score (nSPS) is 12.4. The summed E-state index contributed by atoms with van der Waals surface area (Å²) >= 11 is 9.39. The molecule has 4 heteroatoms. The number of nitrogens with zero attached hydrogens (tertiary/aromatic N) is 1. The summed E-state index contributed by atoms with van der Waals surface area (Å²) in [4.78, 5) is 3.99. The number of hydrogen-bond donors (Lipinski definition) is 1. The minimum Gasteiger partial charge on any atom is -0.324 e. The van der Waals surface area contributed by atoms with Gasteiger partial charge in [-0.1, -0.05) is 33.6 Å². The summed E-state index contributed by atoms with van der Waals surface area (Å²) in [7, 11) is 0. The lowest BCUT2D eigenvalue weighted by Gasteiger charge is -2.14. The van der Waals surface area contributed by atoms with Gasteiger partial charge in [-0.15, -0.1) is 0 Å². The van der Waals surface area contributed by atoms with E-state index in [1.54, 1.807) is 12.4 Å². The van der Waals surface area contributed by atoms with E-state index in [0.717, 1.165) is 16.5 Å². The maximum atomic E-state index is 6.18. The van der Waals surface area contributed by atoms with Crippen molar-refractivity contribution < 1.29 is 0 Å². The average Bonchev–Trinajstić information content (AvgIpc) is 2.30. The van der Waals surface area contributed by atoms with Gasteiger partial charge in [0.1, 0.15) is 0 Å². The molecular formula is C13H12BrClN2. The molecule has 0 amide bonds. The van der Waals surface area contributed by atoms with Crippen LogP contribution in [0, 0.1) is 0 Å². The molecule has 1 aromatic heterocycles. The Bertz CT molecular complexity index is 502. The summed E-state index contributed by atoms with van der Waals surface area (Å²) in [5, 5.41) is 0.705. The van der Waals surface area contributed by atoms with Gasteiger partial charge in [-0.05, 0) is 41.8 Å². The van der Waals surface area contributed by atoms with Crippen LogP contribution in [-0.2, 0) is 6.42 Å². The van der Waals surface area contributed by atoms with Gasteiger partial charge in [0, 0.05) is 27.9 Å². The third-order valence-corrected chi connectivity index (χ3v) is 3.49. The lowest BCUT2D eigenvalue weighted by Crippen LogP contribution is -2.13. The fraction of sp³-hybridized carbons (Fsp3) is 0.154. The summed E-state index contributed by atoms with van der Waals surface area (Å²) in [6.07, 6.45) is 4.33. The molecule has 1 atom stereocenters. The van der Waals surface area contributed by atoms with E-state index in [1.165, 1.54) is 5.56 Å². The molecule has 0 radical (unpaired) electrons. The standard InChI is InChI=1S/C13H12BrClN2/c14-12-8-10(15)1-2-11(12)13(16)7-9-3-5-17-6-4-9/h1-6,8,13H,7,16H2. The van der Waals surface area contributed by atoms with Crippen LogP contribution in [0.15, 0.2) is 47.2 Å². The summed E-state index contributed by atoms with van der Waals surface area (Å²) in [6.45, 7) is 0. The minimum absolute atomic E-state index is 0.0518. The Morgan fingerprint density at radius 2 is 1.94 bits per heavy atom. The van der Waals surface area contributed by atoms with E-state index >= 15 is 0 Å². The smallest absolute Gasteiger partial charge is 0.0417 e. The molecule has 2 aromatic rings. The Balaban J connectivity index is 2.17. The van der Waals surface area contributed by atoms with Gasteiger partial charge in [-0.2, -0.15) is 0 Å². The molecule has 1 heterocycles. The zero-order chi connectivity index (χ0) is 12.3. The van der Waals surface area contributed by atoms with Gasteiger partial charge in [-0.25, -0.2) is 0 Å². The zero-order valence-corrected chi connectivity index (χ0v) is 11.4. The molecule has 1 unspecified atom stereocenters. The van der Waals surface area contributed by atoms with Crippen molar-refractivity contribution in [2.75, 3.05) is 0 Å². The van der Waals surface area contributed by atoms with Crippen molar-refractivity contribution in [3.05, 3.63) is 63.3 Å². The Hall–Kier alpha value is -0.900. The number of pyridine rings is 1. The first-order valence-corrected chi connectivity index (χ1v) is 6.43. The Labute approximate surface area is 114 Å². The first-order valence-electron chi connectivity index (χ1n) is 5.26. The van der Waals surface area contributed by atoms with Crippen LogP contribution in [0.2, 0.25) is 5.02 Å². The highest BCUT2D eigenvalue weighted by Gasteiger charge is 2.10. The van der Waals surface area contributed by atoms with Gasteiger partial charge in [0.05, 0.1) is 0 Å². The molecule has 2 nitrogen and oxygen atoms in total. The molecule has 0 spiro atoms. The van der Waals surface area contributed by atoms with Crippen molar-refractivity contribution in [2.24, 2.45) is 5.73 Å². The van der Waals surface area contributed by atoms with Crippen LogP contribution in [0.4, 0.5) is 0 Å². The first-order chi connectivity index (χ1) is 8.16. The molecule has 1 aromatic carbocycles. The van der Waals surface area contributed by atoms with E-state index in [4.69, 9.17) is 17.3 Å². The number of benzene rings is 1. The van der Waals surface area contributed by atoms with Crippen LogP contribution in [0.1, 0.15) is 17.2 Å². The summed E-state index contributed by atoms with van der Waals surface area (Å²) < 4.78 is 0.951. The molecule has 0 bridgehead atoms. The number of hydrogen-bond acceptors (Lipinski definition) is 2. The maximum Gasteiger partial charge on any atom is 0.0417 e. The fourth-order valence-electron chi connectivity index (χ4n) is 1.68. The molecule has 17 heavy (non-hydrogen) atoms. The SMILES string of the molecule is NC(Cc1ccncc1)c1ccc(Cl)cc1Br. The molecule has 0 aliphatic rings. The van der Waals surface area contributed by atoms with Crippen molar-refractivity contribution in [2.45, 2.75) is 12.5 Å². The predicted molar refractivity (Wildman–Crippen MR) is 74.0 cm³/mol. The van der Waals surface area contributed by atoms with E-state index in [1.807, 2.05) is 30.3 Å². The van der Waals surface area contributed by atoms with E-state index in [0.29, 0.717) is 5.02 Å². The number of halogens is 2. The summed E-state index contributed by atoms with van der Waals surface area (Å²) in [5.74, 6) is 0. The topological polar surface area (TPSA) is 38.9 Å². The highest BCUT2D eigenvalue weighted by Crippen LogP contribution is 2.27. The highest BCUT2D eigenvalue weighted by atomic mass is 79.9. The molecular weight excluding hydrogens is 300 g/mol. The number of rotatable bonds is 3. The lowest BCUT2D eigenvalue weighted by molar-refractivity contribution is 0.717. The number of aromatic nitrogens is 1. The molecule has 0 aliphatic heterocycles. The van der Waals surface area contributed by atoms with Gasteiger partial charge < -0.3 is 5.73 Å². The van der Waals surface area contributed by atoms with E-state index in [-0.39, 0.29) is 6.04 Å². The van der Waals surface area contributed by atoms with Crippen molar-refractivity contribution in [3.63, 3.8) is 0 Å². The van der Waals surface area contributed by atoms with Gasteiger partial charge in [0.25, 0.3) is 0 Å². The molecule has 2 N–H and O–H groups in total. The maximum absolute atomic E-state index is 6.18. The van der Waals surface area contributed by atoms with Crippen LogP contribution in [0.5, 0.6) is 0 Å². The minimum atomic E-state index is -0.0518. The predicted octanol–water partition coefficient (Wildman–Crippen LogP) is 3.74. The van der Waals surface area contributed by atoms with Crippen molar-refractivity contribution in [3.8, 4) is 0 Å². The molecule has 88 valence electrons. The third-order valence-electron chi connectivity index (χ3n) is 2.57. The quantitative estimate of drug-likeness (QED) is 0.938. The average molecular weight is 312 g/mol. The second kappa shape index (κ2) is 5.63. The van der Waals surface area contributed by atoms with Crippen molar-refractivity contribution in [1.82, 2.24) is 4.98 Å². The van der Waals surface area contributed by atoms with Gasteiger partial charge >= 0.3 is 0 Å². The largest absolute Gasteiger partial charge is 0.324 e. The first kappa shape index (κ1) is 12.6. The van der Waals surface area contributed by atoms with Gasteiger partial charge in [-0.3, -0.25) is 4.98 Å². The molecule has 2 rings (SSSR count). The Morgan fingerprint density at radius 3 is 2.59 bits per heavy atom. The van der Waals surface area contributed by atoms with Crippen molar-refractivity contribution in [1.29, 1.82) is 0 Å². The van der Waals surface area contributed by atoms with Crippen LogP contribution >= 0.6 is 27.5 Å².